The van der Waals surface area contributed by atoms with Crippen LogP contribution in [0.2, 0.25) is 5.02 Å². The Labute approximate surface area is 206 Å². The minimum absolute atomic E-state index is 0.130. The van der Waals surface area contributed by atoms with Crippen LogP contribution in [0.1, 0.15) is 50.7 Å². The number of esters is 1. The highest BCUT2D eigenvalue weighted by atomic mass is 79.9. The number of halogens is 2. The zero-order chi connectivity index (χ0) is 23.1. The quantitative estimate of drug-likeness (QED) is 0.337. The largest absolute Gasteiger partial charge is 0.468 e. The monoisotopic (exact) mass is 519 g/mol. The predicted molar refractivity (Wildman–Crippen MR) is 136 cm³/mol. The lowest BCUT2D eigenvalue weighted by Gasteiger charge is -2.37. The van der Waals surface area contributed by atoms with E-state index in [2.05, 4.69) is 58.9 Å². The van der Waals surface area contributed by atoms with Crippen molar-refractivity contribution in [1.29, 1.82) is 0 Å². The topological polar surface area (TPSA) is 29.5 Å². The molecule has 1 saturated heterocycles. The number of nitrogens with zero attached hydrogens (tertiary/aromatic N) is 1. The number of carbonyl (C=O) groups is 1. The molecule has 5 heteroatoms. The summed E-state index contributed by atoms with van der Waals surface area (Å²) in [6, 6.07) is 16.4. The Morgan fingerprint density at radius 3 is 2.47 bits per heavy atom. The molecule has 0 saturated carbocycles. The van der Waals surface area contributed by atoms with E-state index in [0.29, 0.717) is 0 Å². The Balaban J connectivity index is 1.57. The fourth-order valence-electron chi connectivity index (χ4n) is 5.14. The Hall–Kier alpha value is -1.36. The van der Waals surface area contributed by atoms with Crippen LogP contribution in [0, 0.1) is 11.8 Å². The van der Waals surface area contributed by atoms with Crippen molar-refractivity contribution in [1.82, 2.24) is 4.90 Å². The molecule has 1 atom stereocenters. The van der Waals surface area contributed by atoms with Crippen molar-refractivity contribution in [2.75, 3.05) is 26.7 Å². The van der Waals surface area contributed by atoms with Crippen LogP contribution in [0.3, 0.4) is 0 Å². The lowest BCUT2D eigenvalue weighted by atomic mass is 9.68. The van der Waals surface area contributed by atoms with E-state index in [1.165, 1.54) is 25.5 Å². The van der Waals surface area contributed by atoms with Crippen LogP contribution < -0.4 is 0 Å². The van der Waals surface area contributed by atoms with Gasteiger partial charge in [-0.25, -0.2) is 0 Å². The molecule has 0 amide bonds. The number of benzene rings is 2. The first-order chi connectivity index (χ1) is 15.3. The predicted octanol–water partition coefficient (Wildman–Crippen LogP) is 6.90. The van der Waals surface area contributed by atoms with Gasteiger partial charge in [-0.15, -0.1) is 0 Å². The van der Waals surface area contributed by atoms with Crippen molar-refractivity contribution >= 4 is 33.5 Å². The Kier molecular flexibility index (Phi) is 9.22. The minimum atomic E-state index is -0.611. The Bertz CT molecular complexity index is 877. The second-order valence-electron chi connectivity index (χ2n) is 9.35. The number of methoxy groups -OCH3 is 1. The van der Waals surface area contributed by atoms with E-state index in [1.54, 1.807) is 0 Å². The van der Waals surface area contributed by atoms with E-state index < -0.39 is 5.41 Å². The van der Waals surface area contributed by atoms with Crippen LogP contribution >= 0.6 is 27.5 Å². The van der Waals surface area contributed by atoms with Gasteiger partial charge in [0.05, 0.1) is 12.5 Å². The molecule has 1 aliphatic rings. The first kappa shape index (κ1) is 25.3. The summed E-state index contributed by atoms with van der Waals surface area (Å²) in [7, 11) is 1.50. The van der Waals surface area contributed by atoms with Crippen LogP contribution in [0.4, 0.5) is 0 Å². The average molecular weight is 521 g/mol. The molecule has 1 fully saturated rings. The van der Waals surface area contributed by atoms with Gasteiger partial charge in [-0.1, -0.05) is 65.6 Å². The second kappa shape index (κ2) is 11.7. The molecule has 174 valence electrons. The molecule has 1 heterocycles. The lowest BCUT2D eigenvalue weighted by Crippen LogP contribution is -2.43. The summed E-state index contributed by atoms with van der Waals surface area (Å²) in [6.45, 7) is 7.51. The molecule has 0 N–H and O–H groups in total. The number of piperidine rings is 1. The van der Waals surface area contributed by atoms with Gasteiger partial charge in [-0.3, -0.25) is 4.79 Å². The second-order valence-corrected chi connectivity index (χ2v) is 10.7. The van der Waals surface area contributed by atoms with Crippen LogP contribution in [0.15, 0.2) is 53.0 Å². The molecule has 2 aromatic carbocycles. The van der Waals surface area contributed by atoms with Crippen molar-refractivity contribution < 1.29 is 9.53 Å². The first-order valence-electron chi connectivity index (χ1n) is 11.7. The maximum atomic E-state index is 13.0. The molecule has 3 nitrogen and oxygen atoms in total. The fraction of sp³-hybridized carbons (Fsp3) is 0.519. The van der Waals surface area contributed by atoms with Crippen LogP contribution in [0.5, 0.6) is 0 Å². The van der Waals surface area contributed by atoms with Gasteiger partial charge < -0.3 is 9.64 Å². The summed E-state index contributed by atoms with van der Waals surface area (Å²) < 4.78 is 6.33. The molecule has 0 spiro atoms. The summed E-state index contributed by atoms with van der Waals surface area (Å²) in [6.07, 6.45) is 5.30. The summed E-state index contributed by atoms with van der Waals surface area (Å²) >= 11 is 9.65. The van der Waals surface area contributed by atoms with Gasteiger partial charge in [-0.05, 0) is 99.0 Å². The molecule has 1 unspecified atom stereocenters. The standard InChI is InChI=1S/C27H35BrClNO2/c1-20(2)27(26(31)32-3,23-8-10-24(28)11-9-23)14-5-15-30-16-12-21(13-17-30)18-22-6-4-7-25(29)19-22/h4,6-11,19-21H,5,12-18H2,1-3H3. The minimum Gasteiger partial charge on any atom is -0.468 e. The van der Waals surface area contributed by atoms with Crippen molar-refractivity contribution in [3.05, 3.63) is 69.2 Å². The molecule has 0 aromatic heterocycles. The van der Waals surface area contributed by atoms with E-state index in [9.17, 15) is 4.79 Å². The third-order valence-electron chi connectivity index (χ3n) is 7.06. The molecule has 3 rings (SSSR count). The molecular weight excluding hydrogens is 486 g/mol. The highest BCUT2D eigenvalue weighted by Gasteiger charge is 2.44. The van der Waals surface area contributed by atoms with E-state index in [1.807, 2.05) is 24.3 Å². The van der Waals surface area contributed by atoms with E-state index >= 15 is 0 Å². The van der Waals surface area contributed by atoms with Gasteiger partial charge in [0.25, 0.3) is 0 Å². The van der Waals surface area contributed by atoms with E-state index in [0.717, 1.165) is 59.9 Å². The maximum absolute atomic E-state index is 13.0. The molecule has 1 aliphatic heterocycles. The number of hydrogen-bond donors (Lipinski definition) is 0. The van der Waals surface area contributed by atoms with E-state index in [-0.39, 0.29) is 11.9 Å². The molecule has 2 aromatic rings. The molecule has 32 heavy (non-hydrogen) atoms. The van der Waals surface area contributed by atoms with Crippen molar-refractivity contribution in [2.24, 2.45) is 11.8 Å². The average Bonchev–Trinajstić information content (AvgIpc) is 2.78. The fourth-order valence-corrected chi connectivity index (χ4v) is 5.62. The number of rotatable bonds is 9. The summed E-state index contributed by atoms with van der Waals surface area (Å²) in [5, 5.41) is 0.824. The molecule has 0 aliphatic carbocycles. The van der Waals surface area contributed by atoms with Crippen molar-refractivity contribution in [3.63, 3.8) is 0 Å². The number of likely N-dealkylation sites (tertiary alicyclic amines) is 1. The van der Waals surface area contributed by atoms with Gasteiger partial charge in [0.2, 0.25) is 0 Å². The number of carbonyl (C=O) groups excluding carboxylic acids is 1. The highest BCUT2D eigenvalue weighted by Crippen LogP contribution is 2.39. The smallest absolute Gasteiger partial charge is 0.316 e. The van der Waals surface area contributed by atoms with Crippen LogP contribution in [-0.4, -0.2) is 37.6 Å². The molecule has 0 bridgehead atoms. The van der Waals surface area contributed by atoms with Crippen molar-refractivity contribution in [3.8, 4) is 0 Å². The third kappa shape index (κ3) is 6.15. The van der Waals surface area contributed by atoms with Crippen LogP contribution in [-0.2, 0) is 21.4 Å². The van der Waals surface area contributed by atoms with Gasteiger partial charge in [0.1, 0.15) is 0 Å². The van der Waals surface area contributed by atoms with Gasteiger partial charge in [0, 0.05) is 9.50 Å². The van der Waals surface area contributed by atoms with E-state index in [4.69, 9.17) is 16.3 Å². The zero-order valence-electron chi connectivity index (χ0n) is 19.4. The van der Waals surface area contributed by atoms with Gasteiger partial charge in [-0.2, -0.15) is 0 Å². The third-order valence-corrected chi connectivity index (χ3v) is 7.82. The summed E-state index contributed by atoms with van der Waals surface area (Å²) in [5.74, 6) is 0.743. The zero-order valence-corrected chi connectivity index (χ0v) is 21.8. The number of hydrogen-bond acceptors (Lipinski definition) is 3. The lowest BCUT2D eigenvalue weighted by molar-refractivity contribution is -0.150. The number of ether oxygens (including phenoxy) is 1. The van der Waals surface area contributed by atoms with Gasteiger partial charge >= 0.3 is 5.97 Å². The Morgan fingerprint density at radius 2 is 1.88 bits per heavy atom. The molecular formula is C27H35BrClNO2. The maximum Gasteiger partial charge on any atom is 0.316 e. The Morgan fingerprint density at radius 1 is 1.19 bits per heavy atom. The summed E-state index contributed by atoms with van der Waals surface area (Å²) in [4.78, 5) is 15.6. The van der Waals surface area contributed by atoms with Crippen molar-refractivity contribution in [2.45, 2.75) is 51.4 Å². The first-order valence-corrected chi connectivity index (χ1v) is 12.8. The highest BCUT2D eigenvalue weighted by molar-refractivity contribution is 9.10. The summed E-state index contributed by atoms with van der Waals surface area (Å²) in [5.41, 5.74) is 1.77. The SMILES string of the molecule is COC(=O)C(CCCN1CCC(Cc2cccc(Cl)c2)CC1)(c1ccc(Br)cc1)C(C)C. The molecule has 0 radical (unpaired) electrons. The normalized spacial score (nSPS) is 17.3. The van der Waals surface area contributed by atoms with Gasteiger partial charge in [0.15, 0.2) is 0 Å². The van der Waals surface area contributed by atoms with Crippen LogP contribution in [0.25, 0.3) is 0 Å².